The van der Waals surface area contributed by atoms with E-state index in [4.69, 9.17) is 23.2 Å². The summed E-state index contributed by atoms with van der Waals surface area (Å²) >= 11 is 12.1. The molecule has 6 heteroatoms. The minimum atomic E-state index is -0.0558. The second-order valence-electron chi connectivity index (χ2n) is 7.19. The second-order valence-corrected chi connectivity index (χ2v) is 8.02. The Balaban J connectivity index is 1.44. The molecule has 2 N–H and O–H groups in total. The molecule has 0 aliphatic heterocycles. The molecule has 0 saturated heterocycles. The summed E-state index contributed by atoms with van der Waals surface area (Å²) in [5.74, 6) is -0.0558. The zero-order valence-electron chi connectivity index (χ0n) is 15.3. The van der Waals surface area contributed by atoms with Gasteiger partial charge in [-0.2, -0.15) is 0 Å². The molecular formula is C22H21Cl2N3O. The Kier molecular flexibility index (Phi) is 5.69. The van der Waals surface area contributed by atoms with Gasteiger partial charge in [-0.15, -0.1) is 0 Å². The minimum Gasteiger partial charge on any atom is -0.382 e. The van der Waals surface area contributed by atoms with Gasteiger partial charge in [0.15, 0.2) is 0 Å². The van der Waals surface area contributed by atoms with Gasteiger partial charge in [-0.1, -0.05) is 41.4 Å². The third kappa shape index (κ3) is 4.40. The topological polar surface area (TPSA) is 54.0 Å². The van der Waals surface area contributed by atoms with E-state index in [0.29, 0.717) is 15.7 Å². The summed E-state index contributed by atoms with van der Waals surface area (Å²) < 4.78 is 0. The summed E-state index contributed by atoms with van der Waals surface area (Å²) in [6.45, 7) is 0. The maximum absolute atomic E-state index is 12.5. The number of carbonyl (C=O) groups is 1. The van der Waals surface area contributed by atoms with Crippen LogP contribution in [0.2, 0.25) is 10.2 Å². The molecule has 0 spiro atoms. The largest absolute Gasteiger partial charge is 0.382 e. The van der Waals surface area contributed by atoms with E-state index in [2.05, 4.69) is 15.6 Å². The Morgan fingerprint density at radius 3 is 2.57 bits per heavy atom. The zero-order chi connectivity index (χ0) is 19.5. The molecule has 1 amide bonds. The third-order valence-electron chi connectivity index (χ3n) is 5.16. The van der Waals surface area contributed by atoms with Gasteiger partial charge in [0.1, 0.15) is 5.15 Å². The molecule has 28 heavy (non-hydrogen) atoms. The lowest BCUT2D eigenvalue weighted by Crippen LogP contribution is -2.41. The fourth-order valence-electron chi connectivity index (χ4n) is 3.80. The SMILES string of the molecule is O=C(N[C@@H]1CCC[C@H](Nc2cc(Cl)nc3ccccc23)C1)c1ccc(Cl)cc1. The Bertz CT molecular complexity index is 991. The van der Waals surface area contributed by atoms with E-state index >= 15 is 0 Å². The van der Waals surface area contributed by atoms with Crippen molar-refractivity contribution in [3.63, 3.8) is 0 Å². The maximum Gasteiger partial charge on any atom is 0.251 e. The number of hydrogen-bond acceptors (Lipinski definition) is 3. The first-order chi connectivity index (χ1) is 13.6. The Hall–Kier alpha value is -2.30. The first-order valence-electron chi connectivity index (χ1n) is 9.47. The van der Waals surface area contributed by atoms with E-state index in [-0.39, 0.29) is 18.0 Å². The first kappa shape index (κ1) is 19.0. The Labute approximate surface area is 174 Å². The van der Waals surface area contributed by atoms with E-state index in [1.807, 2.05) is 30.3 Å². The molecule has 1 aliphatic carbocycles. The van der Waals surface area contributed by atoms with Crippen LogP contribution < -0.4 is 10.6 Å². The predicted molar refractivity (Wildman–Crippen MR) is 115 cm³/mol. The summed E-state index contributed by atoms with van der Waals surface area (Å²) in [5, 5.41) is 8.94. The first-order valence-corrected chi connectivity index (χ1v) is 10.2. The number of amides is 1. The van der Waals surface area contributed by atoms with Crippen molar-refractivity contribution in [2.24, 2.45) is 0 Å². The van der Waals surface area contributed by atoms with Gasteiger partial charge in [-0.3, -0.25) is 4.79 Å². The highest BCUT2D eigenvalue weighted by atomic mass is 35.5. The molecular weight excluding hydrogens is 393 g/mol. The fourth-order valence-corrected chi connectivity index (χ4v) is 4.13. The van der Waals surface area contributed by atoms with Crippen LogP contribution in [0.1, 0.15) is 36.0 Å². The van der Waals surface area contributed by atoms with Gasteiger partial charge in [0, 0.05) is 33.7 Å². The summed E-state index contributed by atoms with van der Waals surface area (Å²) in [6.07, 6.45) is 3.96. The second kappa shape index (κ2) is 8.38. The lowest BCUT2D eigenvalue weighted by atomic mass is 9.90. The highest BCUT2D eigenvalue weighted by molar-refractivity contribution is 6.30. The van der Waals surface area contributed by atoms with E-state index < -0.39 is 0 Å². The van der Waals surface area contributed by atoms with Crippen LogP contribution in [0, 0.1) is 0 Å². The molecule has 3 aromatic rings. The third-order valence-corrected chi connectivity index (χ3v) is 5.61. The van der Waals surface area contributed by atoms with Crippen molar-refractivity contribution in [2.75, 3.05) is 5.32 Å². The number of nitrogens with zero attached hydrogens (tertiary/aromatic N) is 1. The summed E-state index contributed by atoms with van der Waals surface area (Å²) in [5.41, 5.74) is 2.50. The van der Waals surface area contributed by atoms with Crippen LogP contribution in [0.25, 0.3) is 10.9 Å². The van der Waals surface area contributed by atoms with Gasteiger partial charge < -0.3 is 10.6 Å². The van der Waals surface area contributed by atoms with Gasteiger partial charge in [-0.25, -0.2) is 4.98 Å². The number of fused-ring (bicyclic) bond motifs is 1. The summed E-state index contributed by atoms with van der Waals surface area (Å²) in [4.78, 5) is 16.9. The Morgan fingerprint density at radius 1 is 1.00 bits per heavy atom. The lowest BCUT2D eigenvalue weighted by Gasteiger charge is -2.31. The quantitative estimate of drug-likeness (QED) is 0.539. The van der Waals surface area contributed by atoms with Crippen molar-refractivity contribution in [1.82, 2.24) is 10.3 Å². The van der Waals surface area contributed by atoms with Crippen LogP contribution in [-0.2, 0) is 0 Å². The standard InChI is InChI=1S/C22H21Cl2N3O/c23-15-10-8-14(9-11-15)22(28)26-17-5-3-4-16(12-17)25-20-13-21(24)27-19-7-2-1-6-18(19)20/h1-2,6-11,13,16-17H,3-5,12H2,(H,25,27)(H,26,28)/t16-,17+/m0/s1. The van der Waals surface area contributed by atoms with Gasteiger partial charge in [0.2, 0.25) is 0 Å². The maximum atomic E-state index is 12.5. The molecule has 4 rings (SSSR count). The summed E-state index contributed by atoms with van der Waals surface area (Å²) in [6, 6.07) is 17.2. The molecule has 1 heterocycles. The average Bonchev–Trinajstić information content (AvgIpc) is 2.68. The minimum absolute atomic E-state index is 0.0558. The van der Waals surface area contributed by atoms with Crippen molar-refractivity contribution in [3.05, 3.63) is 70.3 Å². The van der Waals surface area contributed by atoms with Crippen LogP contribution in [0.4, 0.5) is 5.69 Å². The van der Waals surface area contributed by atoms with Gasteiger partial charge in [0.25, 0.3) is 5.91 Å². The monoisotopic (exact) mass is 413 g/mol. The van der Waals surface area contributed by atoms with Gasteiger partial charge in [-0.05, 0) is 62.1 Å². The van der Waals surface area contributed by atoms with Gasteiger partial charge in [0.05, 0.1) is 5.52 Å². The van der Waals surface area contributed by atoms with Crippen LogP contribution in [0.5, 0.6) is 0 Å². The summed E-state index contributed by atoms with van der Waals surface area (Å²) in [7, 11) is 0. The lowest BCUT2D eigenvalue weighted by molar-refractivity contribution is 0.0926. The van der Waals surface area contributed by atoms with E-state index in [9.17, 15) is 4.79 Å². The molecule has 0 bridgehead atoms. The van der Waals surface area contributed by atoms with Crippen molar-refractivity contribution in [2.45, 2.75) is 37.8 Å². The number of nitrogens with one attached hydrogen (secondary N) is 2. The number of carbonyl (C=O) groups excluding carboxylic acids is 1. The molecule has 144 valence electrons. The van der Waals surface area contributed by atoms with Crippen molar-refractivity contribution in [3.8, 4) is 0 Å². The van der Waals surface area contributed by atoms with Crippen molar-refractivity contribution in [1.29, 1.82) is 0 Å². The Morgan fingerprint density at radius 2 is 1.75 bits per heavy atom. The highest BCUT2D eigenvalue weighted by Gasteiger charge is 2.24. The number of anilines is 1. The number of benzene rings is 2. The molecule has 1 aliphatic rings. The van der Waals surface area contributed by atoms with E-state index in [1.165, 1.54) is 0 Å². The van der Waals surface area contributed by atoms with Gasteiger partial charge >= 0.3 is 0 Å². The van der Waals surface area contributed by atoms with Crippen LogP contribution in [0.3, 0.4) is 0 Å². The number of hydrogen-bond donors (Lipinski definition) is 2. The highest BCUT2D eigenvalue weighted by Crippen LogP contribution is 2.29. The molecule has 0 radical (unpaired) electrons. The normalized spacial score (nSPS) is 19.4. The van der Waals surface area contributed by atoms with Crippen LogP contribution in [-0.4, -0.2) is 23.0 Å². The number of halogens is 2. The molecule has 1 saturated carbocycles. The van der Waals surface area contributed by atoms with E-state index in [1.54, 1.807) is 24.3 Å². The number of rotatable bonds is 4. The molecule has 1 fully saturated rings. The zero-order valence-corrected chi connectivity index (χ0v) is 16.8. The van der Waals surface area contributed by atoms with Crippen molar-refractivity contribution >= 4 is 45.7 Å². The van der Waals surface area contributed by atoms with Crippen molar-refractivity contribution < 1.29 is 4.79 Å². The van der Waals surface area contributed by atoms with Crippen LogP contribution >= 0.6 is 23.2 Å². The number of aromatic nitrogens is 1. The molecule has 2 aromatic carbocycles. The molecule has 2 atom stereocenters. The molecule has 1 aromatic heterocycles. The molecule has 4 nitrogen and oxygen atoms in total. The smallest absolute Gasteiger partial charge is 0.251 e. The number of para-hydroxylation sites is 1. The predicted octanol–water partition coefficient (Wildman–Crippen LogP) is 5.69. The molecule has 0 unspecified atom stereocenters. The average molecular weight is 414 g/mol. The van der Waals surface area contributed by atoms with Crippen LogP contribution in [0.15, 0.2) is 54.6 Å². The van der Waals surface area contributed by atoms with E-state index in [0.717, 1.165) is 42.3 Å². The number of pyridine rings is 1. The fraction of sp³-hybridized carbons (Fsp3) is 0.273.